The van der Waals surface area contributed by atoms with E-state index in [0.29, 0.717) is 12.4 Å². The van der Waals surface area contributed by atoms with E-state index >= 15 is 0 Å². The van der Waals surface area contributed by atoms with E-state index in [9.17, 15) is 13.2 Å². The average molecular weight is 336 g/mol. The highest BCUT2D eigenvalue weighted by molar-refractivity contribution is 5.67. The number of hydrogen-bond acceptors (Lipinski definition) is 5. The van der Waals surface area contributed by atoms with Crippen LogP contribution in [0.4, 0.5) is 24.8 Å². The summed E-state index contributed by atoms with van der Waals surface area (Å²) >= 11 is 0. The molecular weight excluding hydrogens is 321 g/mol. The molecule has 3 aromatic rings. The fraction of sp³-hybridized carbons (Fsp3) is 0.267. The van der Waals surface area contributed by atoms with Crippen molar-refractivity contribution in [3.8, 4) is 0 Å². The molecule has 0 saturated heterocycles. The Labute approximate surface area is 135 Å². The summed E-state index contributed by atoms with van der Waals surface area (Å²) in [4.78, 5) is 7.98. The normalized spacial score (nSPS) is 11.7. The number of pyridine rings is 1. The molecule has 0 unspecified atom stereocenters. The van der Waals surface area contributed by atoms with E-state index < -0.39 is 11.7 Å². The predicted molar refractivity (Wildman–Crippen MR) is 83.9 cm³/mol. The van der Waals surface area contributed by atoms with Gasteiger partial charge in [0.05, 0.1) is 11.3 Å². The molecule has 0 saturated carbocycles. The van der Waals surface area contributed by atoms with Gasteiger partial charge < -0.3 is 10.6 Å². The summed E-state index contributed by atoms with van der Waals surface area (Å²) in [5, 5.41) is 10.1. The van der Waals surface area contributed by atoms with Crippen LogP contribution in [0.2, 0.25) is 0 Å². The number of halogens is 3. The highest BCUT2D eigenvalue weighted by atomic mass is 19.4. The third-order valence-electron chi connectivity index (χ3n) is 3.34. The summed E-state index contributed by atoms with van der Waals surface area (Å²) in [6.07, 6.45) is 0.222. The second kappa shape index (κ2) is 6.34. The highest BCUT2D eigenvalue weighted by Gasteiger charge is 2.33. The zero-order chi connectivity index (χ0) is 17.2. The van der Waals surface area contributed by atoms with Gasteiger partial charge in [-0.25, -0.2) is 14.5 Å². The van der Waals surface area contributed by atoms with E-state index in [1.54, 1.807) is 16.9 Å². The molecule has 9 heteroatoms. The summed E-state index contributed by atoms with van der Waals surface area (Å²) in [5.41, 5.74) is 0.882. The summed E-state index contributed by atoms with van der Waals surface area (Å²) in [5.74, 6) is 0.440. The fourth-order valence-electron chi connectivity index (χ4n) is 2.32. The minimum Gasteiger partial charge on any atom is -0.368 e. The number of aryl methyl sites for hydroxylation is 1. The van der Waals surface area contributed by atoms with Crippen LogP contribution in [-0.2, 0) is 6.18 Å². The van der Waals surface area contributed by atoms with Gasteiger partial charge in [-0.2, -0.15) is 18.3 Å². The van der Waals surface area contributed by atoms with Gasteiger partial charge in [0.2, 0.25) is 0 Å². The molecule has 0 aliphatic heterocycles. The summed E-state index contributed by atoms with van der Waals surface area (Å²) in [7, 11) is 0. The van der Waals surface area contributed by atoms with Crippen molar-refractivity contribution in [1.29, 1.82) is 0 Å². The van der Waals surface area contributed by atoms with Crippen LogP contribution in [0, 0.1) is 6.92 Å². The minimum absolute atomic E-state index is 0.182. The number of rotatable bonds is 5. The van der Waals surface area contributed by atoms with Gasteiger partial charge in [0.15, 0.2) is 5.82 Å². The van der Waals surface area contributed by atoms with E-state index in [1.165, 1.54) is 12.3 Å². The minimum atomic E-state index is -4.44. The van der Waals surface area contributed by atoms with E-state index in [4.69, 9.17) is 0 Å². The molecule has 126 valence electrons. The van der Waals surface area contributed by atoms with Crippen molar-refractivity contribution in [3.05, 3.63) is 48.0 Å². The first-order valence-electron chi connectivity index (χ1n) is 7.26. The molecule has 0 aliphatic carbocycles. The van der Waals surface area contributed by atoms with Gasteiger partial charge in [-0.1, -0.05) is 0 Å². The van der Waals surface area contributed by atoms with Crippen LogP contribution in [0.25, 0.3) is 5.52 Å². The Balaban J connectivity index is 1.63. The maximum Gasteiger partial charge on any atom is 0.419 e. The first-order valence-corrected chi connectivity index (χ1v) is 7.26. The lowest BCUT2D eigenvalue weighted by molar-refractivity contribution is -0.137. The maximum atomic E-state index is 12.9. The second-order valence-corrected chi connectivity index (χ2v) is 5.14. The first kappa shape index (κ1) is 16.0. The van der Waals surface area contributed by atoms with Crippen molar-refractivity contribution < 1.29 is 13.2 Å². The van der Waals surface area contributed by atoms with Gasteiger partial charge in [0, 0.05) is 31.7 Å². The lowest BCUT2D eigenvalue weighted by Gasteiger charge is -2.13. The second-order valence-electron chi connectivity index (χ2n) is 5.14. The van der Waals surface area contributed by atoms with Gasteiger partial charge in [-0.05, 0) is 25.1 Å². The Morgan fingerprint density at radius 3 is 2.54 bits per heavy atom. The van der Waals surface area contributed by atoms with E-state index in [2.05, 4.69) is 25.7 Å². The van der Waals surface area contributed by atoms with Gasteiger partial charge >= 0.3 is 6.18 Å². The molecule has 6 nitrogen and oxygen atoms in total. The topological polar surface area (TPSA) is 67.1 Å². The smallest absolute Gasteiger partial charge is 0.368 e. The standard InChI is InChI=1S/C15H15F3N6/c1-10-9-12-14(22-7-8-24(12)23-10)21-6-5-20-13-11(15(16,17)18)3-2-4-19-13/h2-4,7-9H,5-6H2,1H3,(H,19,20)(H,21,22). The van der Waals surface area contributed by atoms with Crippen LogP contribution in [0.1, 0.15) is 11.3 Å². The lowest BCUT2D eigenvalue weighted by atomic mass is 10.2. The highest BCUT2D eigenvalue weighted by Crippen LogP contribution is 2.33. The first-order chi connectivity index (χ1) is 11.4. The van der Waals surface area contributed by atoms with Crippen molar-refractivity contribution in [2.24, 2.45) is 0 Å². The Morgan fingerprint density at radius 1 is 1.08 bits per heavy atom. The maximum absolute atomic E-state index is 12.9. The fourth-order valence-corrected chi connectivity index (χ4v) is 2.32. The molecule has 0 bridgehead atoms. The zero-order valence-corrected chi connectivity index (χ0v) is 12.8. The van der Waals surface area contributed by atoms with Gasteiger partial charge in [-0.15, -0.1) is 0 Å². The van der Waals surface area contributed by atoms with Crippen molar-refractivity contribution in [1.82, 2.24) is 19.6 Å². The number of aromatic nitrogens is 4. The number of alkyl halides is 3. The number of hydrogen-bond donors (Lipinski definition) is 2. The lowest BCUT2D eigenvalue weighted by Crippen LogP contribution is -2.18. The van der Waals surface area contributed by atoms with Crippen LogP contribution in [0.15, 0.2) is 36.8 Å². The Hall–Kier alpha value is -2.84. The zero-order valence-electron chi connectivity index (χ0n) is 12.8. The van der Waals surface area contributed by atoms with Gasteiger partial charge in [0.1, 0.15) is 11.3 Å². The Bertz CT molecular complexity index is 843. The van der Waals surface area contributed by atoms with E-state index in [-0.39, 0.29) is 12.4 Å². The molecular formula is C15H15F3N6. The van der Waals surface area contributed by atoms with Crippen LogP contribution < -0.4 is 10.6 Å². The quantitative estimate of drug-likeness (QED) is 0.701. The molecule has 0 radical (unpaired) electrons. The van der Waals surface area contributed by atoms with E-state index in [1.807, 2.05) is 13.0 Å². The molecule has 0 aliphatic rings. The molecule has 0 spiro atoms. The van der Waals surface area contributed by atoms with Crippen molar-refractivity contribution in [3.63, 3.8) is 0 Å². The summed E-state index contributed by atoms with van der Waals surface area (Å²) < 4.78 is 40.3. The monoisotopic (exact) mass is 336 g/mol. The molecule has 24 heavy (non-hydrogen) atoms. The van der Waals surface area contributed by atoms with Gasteiger partial charge in [0.25, 0.3) is 0 Å². The average Bonchev–Trinajstić information content (AvgIpc) is 2.92. The molecule has 3 aromatic heterocycles. The van der Waals surface area contributed by atoms with Gasteiger partial charge in [-0.3, -0.25) is 0 Å². The number of anilines is 2. The van der Waals surface area contributed by atoms with E-state index in [0.717, 1.165) is 17.3 Å². The molecule has 0 fully saturated rings. The third kappa shape index (κ3) is 3.39. The SMILES string of the molecule is Cc1cc2c(NCCNc3ncccc3C(F)(F)F)nccn2n1. The van der Waals surface area contributed by atoms with Crippen molar-refractivity contribution in [2.75, 3.05) is 23.7 Å². The van der Waals surface area contributed by atoms with Crippen LogP contribution in [0.3, 0.4) is 0 Å². The largest absolute Gasteiger partial charge is 0.419 e. The molecule has 0 atom stereocenters. The summed E-state index contributed by atoms with van der Waals surface area (Å²) in [6.45, 7) is 2.51. The summed E-state index contributed by atoms with van der Waals surface area (Å²) in [6, 6.07) is 4.14. The molecule has 0 amide bonds. The van der Waals surface area contributed by atoms with Crippen LogP contribution in [0.5, 0.6) is 0 Å². The van der Waals surface area contributed by atoms with Crippen molar-refractivity contribution >= 4 is 17.2 Å². The predicted octanol–water partition coefficient (Wildman–Crippen LogP) is 2.98. The third-order valence-corrected chi connectivity index (χ3v) is 3.34. The number of nitrogens with one attached hydrogen (secondary N) is 2. The van der Waals surface area contributed by atoms with Crippen molar-refractivity contribution in [2.45, 2.75) is 13.1 Å². The molecule has 3 rings (SSSR count). The number of nitrogens with zero attached hydrogens (tertiary/aromatic N) is 4. The Kier molecular flexibility index (Phi) is 4.24. The van der Waals surface area contributed by atoms with Crippen LogP contribution in [-0.4, -0.2) is 32.7 Å². The molecule has 3 heterocycles. The number of fused-ring (bicyclic) bond motifs is 1. The van der Waals surface area contributed by atoms with Crippen LogP contribution >= 0.6 is 0 Å². The Morgan fingerprint density at radius 2 is 1.79 bits per heavy atom. The molecule has 2 N–H and O–H groups in total. The molecule has 0 aromatic carbocycles.